The van der Waals surface area contributed by atoms with Crippen LogP contribution in [0.2, 0.25) is 0 Å². The van der Waals surface area contributed by atoms with Crippen LogP contribution < -0.4 is 0 Å². The van der Waals surface area contributed by atoms with Crippen LogP contribution in [0, 0.1) is 0 Å². The molecule has 3 nitrogen and oxygen atoms in total. The van der Waals surface area contributed by atoms with Crippen molar-refractivity contribution in [1.29, 1.82) is 0 Å². The number of para-hydroxylation sites is 1. The quantitative estimate of drug-likeness (QED) is 0.544. The van der Waals surface area contributed by atoms with E-state index >= 15 is 0 Å². The summed E-state index contributed by atoms with van der Waals surface area (Å²) >= 11 is 0. The largest absolute Gasteiger partial charge is 0.453 e. The number of hydrogen-bond acceptors (Lipinski definition) is 2. The Labute approximate surface area is 127 Å². The Morgan fingerprint density at radius 3 is 2.36 bits per heavy atom. The Bertz CT molecular complexity index is 912. The van der Waals surface area contributed by atoms with Crippen molar-refractivity contribution in [2.45, 2.75) is 0 Å². The predicted molar refractivity (Wildman–Crippen MR) is 86.8 cm³/mol. The highest BCUT2D eigenvalue weighted by molar-refractivity contribution is 5.86. The van der Waals surface area contributed by atoms with Crippen molar-refractivity contribution >= 4 is 17.2 Å². The lowest BCUT2D eigenvalue weighted by Gasteiger charge is -2.00. The summed E-state index contributed by atoms with van der Waals surface area (Å²) in [4.78, 5) is 14.1. The molecule has 0 atom stereocenters. The van der Waals surface area contributed by atoms with Gasteiger partial charge >= 0.3 is 0 Å². The molecule has 106 valence electrons. The maximum Gasteiger partial charge on any atom is 0.185 e. The minimum absolute atomic E-state index is 0.342. The number of H-pyrrole nitrogens is 1. The highest BCUT2D eigenvalue weighted by atomic mass is 16.3. The number of fused-ring (bicyclic) bond motifs is 1. The van der Waals surface area contributed by atoms with Crippen molar-refractivity contribution < 1.29 is 9.21 Å². The number of aromatic nitrogens is 1. The smallest absolute Gasteiger partial charge is 0.185 e. The highest BCUT2D eigenvalue weighted by Crippen LogP contribution is 2.27. The van der Waals surface area contributed by atoms with Crippen molar-refractivity contribution in [1.82, 2.24) is 4.98 Å². The second kappa shape index (κ2) is 5.04. The van der Waals surface area contributed by atoms with E-state index in [-0.39, 0.29) is 0 Å². The van der Waals surface area contributed by atoms with Gasteiger partial charge in [-0.15, -0.1) is 0 Å². The third-order valence-electron chi connectivity index (χ3n) is 3.75. The number of aldehydes is 1. The van der Waals surface area contributed by atoms with E-state index in [0.717, 1.165) is 22.3 Å². The zero-order chi connectivity index (χ0) is 14.9. The zero-order valence-corrected chi connectivity index (χ0v) is 11.7. The van der Waals surface area contributed by atoms with Crippen molar-refractivity contribution in [2.24, 2.45) is 0 Å². The summed E-state index contributed by atoms with van der Waals surface area (Å²) in [5.41, 5.74) is 4.28. The van der Waals surface area contributed by atoms with E-state index in [0.29, 0.717) is 17.8 Å². The van der Waals surface area contributed by atoms with Crippen molar-refractivity contribution in [3.8, 4) is 22.6 Å². The fourth-order valence-electron chi connectivity index (χ4n) is 2.61. The van der Waals surface area contributed by atoms with Gasteiger partial charge in [0.05, 0.1) is 0 Å². The summed E-state index contributed by atoms with van der Waals surface area (Å²) in [6, 6.07) is 21.9. The number of furan rings is 1. The average Bonchev–Trinajstić information content (AvgIpc) is 3.21. The van der Waals surface area contributed by atoms with E-state index < -0.39 is 0 Å². The number of rotatable bonds is 3. The molecule has 3 heteroatoms. The molecule has 4 rings (SSSR count). The molecule has 0 aliphatic carbocycles. The summed E-state index contributed by atoms with van der Waals surface area (Å²) in [5, 5.41) is 1.20. The van der Waals surface area contributed by atoms with Gasteiger partial charge in [-0.05, 0) is 29.8 Å². The van der Waals surface area contributed by atoms with Gasteiger partial charge in [0, 0.05) is 22.2 Å². The maximum absolute atomic E-state index is 10.7. The third-order valence-corrected chi connectivity index (χ3v) is 3.75. The van der Waals surface area contributed by atoms with Gasteiger partial charge in [0.15, 0.2) is 12.0 Å². The molecule has 2 heterocycles. The van der Waals surface area contributed by atoms with Crippen LogP contribution in [0.25, 0.3) is 33.5 Å². The first kappa shape index (κ1) is 12.7. The van der Waals surface area contributed by atoms with Crippen molar-refractivity contribution in [3.05, 3.63) is 72.5 Å². The van der Waals surface area contributed by atoms with E-state index in [9.17, 15) is 4.79 Å². The molecule has 0 bridgehead atoms. The molecule has 0 aliphatic rings. The van der Waals surface area contributed by atoms with Gasteiger partial charge in [0.25, 0.3) is 0 Å². The molecule has 2 aromatic carbocycles. The first-order valence-corrected chi connectivity index (χ1v) is 7.07. The van der Waals surface area contributed by atoms with Crippen LogP contribution in [-0.4, -0.2) is 11.3 Å². The van der Waals surface area contributed by atoms with Gasteiger partial charge < -0.3 is 9.40 Å². The predicted octanol–water partition coefficient (Wildman–Crippen LogP) is 4.91. The lowest BCUT2D eigenvalue weighted by atomic mass is 10.1. The normalized spacial score (nSPS) is 10.9. The molecule has 4 aromatic rings. The van der Waals surface area contributed by atoms with Crippen LogP contribution in [0.5, 0.6) is 0 Å². The Balaban J connectivity index is 1.70. The maximum atomic E-state index is 10.7. The summed E-state index contributed by atoms with van der Waals surface area (Å²) < 4.78 is 5.44. The van der Waals surface area contributed by atoms with Crippen LogP contribution in [0.1, 0.15) is 10.6 Å². The van der Waals surface area contributed by atoms with Crippen molar-refractivity contribution in [2.75, 3.05) is 0 Å². The van der Waals surface area contributed by atoms with Crippen LogP contribution in [0.3, 0.4) is 0 Å². The lowest BCUT2D eigenvalue weighted by molar-refractivity contribution is 0.110. The van der Waals surface area contributed by atoms with E-state index in [4.69, 9.17) is 4.42 Å². The number of aromatic amines is 1. The van der Waals surface area contributed by atoms with Crippen LogP contribution in [0.15, 0.2) is 71.1 Å². The molecular weight excluding hydrogens is 274 g/mol. The number of carbonyl (C=O) groups is 1. The molecular formula is C19H13NO2. The third kappa shape index (κ3) is 2.13. The molecule has 0 radical (unpaired) electrons. The van der Waals surface area contributed by atoms with Crippen LogP contribution in [-0.2, 0) is 0 Å². The fourth-order valence-corrected chi connectivity index (χ4v) is 2.61. The summed E-state index contributed by atoms with van der Waals surface area (Å²) in [5.74, 6) is 1.04. The van der Waals surface area contributed by atoms with Gasteiger partial charge in [0.1, 0.15) is 5.76 Å². The number of nitrogens with one attached hydrogen (secondary N) is 1. The van der Waals surface area contributed by atoms with Gasteiger partial charge in [-0.3, -0.25) is 4.79 Å². The molecule has 1 N–H and O–H groups in total. The van der Waals surface area contributed by atoms with Gasteiger partial charge in [-0.25, -0.2) is 0 Å². The average molecular weight is 287 g/mol. The Morgan fingerprint density at radius 2 is 1.64 bits per heavy atom. The van der Waals surface area contributed by atoms with E-state index in [1.807, 2.05) is 42.5 Å². The monoisotopic (exact) mass is 287 g/mol. The Kier molecular flexibility index (Phi) is 2.90. The SMILES string of the molecule is O=Cc1ccc(-c2ccc(-c3cc4ccccc4[nH]3)cc2)o1. The Hall–Kier alpha value is -3.07. The van der Waals surface area contributed by atoms with E-state index in [1.54, 1.807) is 6.07 Å². The molecule has 22 heavy (non-hydrogen) atoms. The lowest BCUT2D eigenvalue weighted by Crippen LogP contribution is -1.79. The molecule has 0 unspecified atom stereocenters. The minimum atomic E-state index is 0.342. The van der Waals surface area contributed by atoms with Gasteiger partial charge in [-0.2, -0.15) is 0 Å². The number of hydrogen-bond donors (Lipinski definition) is 1. The van der Waals surface area contributed by atoms with Crippen LogP contribution in [0.4, 0.5) is 0 Å². The molecule has 0 spiro atoms. The molecule has 0 amide bonds. The summed E-state index contributed by atoms with van der Waals surface area (Å²) in [6.45, 7) is 0. The van der Waals surface area contributed by atoms with Gasteiger partial charge in [0.2, 0.25) is 0 Å². The zero-order valence-electron chi connectivity index (χ0n) is 11.7. The second-order valence-electron chi connectivity index (χ2n) is 5.17. The molecule has 0 saturated carbocycles. The number of carbonyl (C=O) groups excluding carboxylic acids is 1. The minimum Gasteiger partial charge on any atom is -0.453 e. The van der Waals surface area contributed by atoms with E-state index in [1.165, 1.54) is 5.39 Å². The highest BCUT2D eigenvalue weighted by Gasteiger charge is 2.06. The van der Waals surface area contributed by atoms with Crippen LogP contribution >= 0.6 is 0 Å². The standard InChI is InChI=1S/C19H13NO2/c21-12-16-9-10-19(22-16)14-7-5-13(6-8-14)18-11-15-3-1-2-4-17(15)20-18/h1-12,20H. The summed E-state index contributed by atoms with van der Waals surface area (Å²) in [6.07, 6.45) is 0.711. The second-order valence-corrected chi connectivity index (χ2v) is 5.17. The molecule has 0 aliphatic heterocycles. The molecule has 0 saturated heterocycles. The fraction of sp³-hybridized carbons (Fsp3) is 0. The van der Waals surface area contributed by atoms with Crippen molar-refractivity contribution in [3.63, 3.8) is 0 Å². The van der Waals surface area contributed by atoms with E-state index in [2.05, 4.69) is 23.2 Å². The molecule has 2 aromatic heterocycles. The van der Waals surface area contributed by atoms with Gasteiger partial charge in [-0.1, -0.05) is 42.5 Å². The molecule has 0 fully saturated rings. The number of benzene rings is 2. The topological polar surface area (TPSA) is 46.0 Å². The first-order chi connectivity index (χ1) is 10.8. The Morgan fingerprint density at radius 1 is 0.864 bits per heavy atom. The first-order valence-electron chi connectivity index (χ1n) is 7.07. The summed E-state index contributed by atoms with van der Waals surface area (Å²) in [7, 11) is 0.